The Morgan fingerprint density at radius 3 is 2.56 bits per heavy atom. The van der Waals surface area contributed by atoms with Gasteiger partial charge in [-0.25, -0.2) is 13.1 Å². The molecule has 0 fully saturated rings. The minimum atomic E-state index is -3.23. The molecule has 98 valence electrons. The van der Waals surface area contributed by atoms with Gasteiger partial charge in [0.1, 0.15) is 0 Å². The molecule has 3 nitrogen and oxygen atoms in total. The lowest BCUT2D eigenvalue weighted by atomic mass is 10.0. The Labute approximate surface area is 110 Å². The summed E-state index contributed by atoms with van der Waals surface area (Å²) < 4.78 is 26.2. The van der Waals surface area contributed by atoms with Gasteiger partial charge >= 0.3 is 0 Å². The third-order valence-electron chi connectivity index (χ3n) is 2.59. The first kappa shape index (κ1) is 14.7. The summed E-state index contributed by atoms with van der Waals surface area (Å²) >= 11 is 0. The third kappa shape index (κ3) is 5.35. The number of rotatable bonds is 6. The van der Waals surface area contributed by atoms with Crippen molar-refractivity contribution in [2.75, 3.05) is 12.3 Å². The highest BCUT2D eigenvalue weighted by molar-refractivity contribution is 7.89. The van der Waals surface area contributed by atoms with Gasteiger partial charge in [0.05, 0.1) is 5.75 Å². The van der Waals surface area contributed by atoms with Gasteiger partial charge in [-0.2, -0.15) is 0 Å². The number of benzene rings is 1. The molecule has 1 rings (SSSR count). The van der Waals surface area contributed by atoms with Crippen molar-refractivity contribution < 1.29 is 8.42 Å². The Bertz CT molecular complexity index is 512. The van der Waals surface area contributed by atoms with E-state index in [1.807, 2.05) is 37.3 Å². The molecule has 0 heterocycles. The molecule has 1 unspecified atom stereocenters. The molecule has 0 aliphatic carbocycles. The van der Waals surface area contributed by atoms with Crippen molar-refractivity contribution in [3.05, 3.63) is 35.9 Å². The van der Waals surface area contributed by atoms with Crippen LogP contribution in [-0.4, -0.2) is 20.7 Å². The average molecular weight is 265 g/mol. The van der Waals surface area contributed by atoms with E-state index < -0.39 is 10.0 Å². The summed E-state index contributed by atoms with van der Waals surface area (Å²) in [5, 5.41) is 0. The second kappa shape index (κ2) is 7.20. The lowest BCUT2D eigenvalue weighted by Crippen LogP contribution is -2.29. The number of sulfonamides is 1. The first-order valence-electron chi connectivity index (χ1n) is 5.97. The maximum atomic E-state index is 11.8. The highest BCUT2D eigenvalue weighted by Gasteiger charge is 2.16. The molecule has 0 saturated carbocycles. The number of nitrogens with one attached hydrogen (secondary N) is 1. The fourth-order valence-electron chi connectivity index (χ4n) is 1.66. The molecule has 0 radical (unpaired) electrons. The van der Waals surface area contributed by atoms with Gasteiger partial charge in [0.25, 0.3) is 0 Å². The van der Waals surface area contributed by atoms with Crippen LogP contribution in [0.25, 0.3) is 0 Å². The topological polar surface area (TPSA) is 46.2 Å². The van der Waals surface area contributed by atoms with Crippen LogP contribution in [0, 0.1) is 11.8 Å². The standard InChI is InChI=1S/C14H19NO2S/c1-3-4-8-11-15-18(16,17)12-13(2)14-9-6-5-7-10-14/h5-7,9-10,13,15H,8,11-12H2,1-2H3. The van der Waals surface area contributed by atoms with Crippen LogP contribution < -0.4 is 4.72 Å². The predicted octanol–water partition coefficient (Wildman–Crippen LogP) is 2.12. The van der Waals surface area contributed by atoms with E-state index in [-0.39, 0.29) is 11.7 Å². The Morgan fingerprint density at radius 1 is 1.28 bits per heavy atom. The normalized spacial score (nSPS) is 12.6. The molecular formula is C14H19NO2S. The van der Waals surface area contributed by atoms with Crippen molar-refractivity contribution in [1.82, 2.24) is 4.72 Å². The molecule has 1 N–H and O–H groups in total. The van der Waals surface area contributed by atoms with E-state index in [4.69, 9.17) is 0 Å². The molecule has 0 aromatic heterocycles. The zero-order valence-corrected chi connectivity index (χ0v) is 11.6. The summed E-state index contributed by atoms with van der Waals surface area (Å²) in [6.45, 7) is 4.04. The van der Waals surface area contributed by atoms with E-state index in [0.29, 0.717) is 13.0 Å². The van der Waals surface area contributed by atoms with E-state index in [1.54, 1.807) is 6.92 Å². The van der Waals surface area contributed by atoms with Crippen molar-refractivity contribution in [3.8, 4) is 11.8 Å². The predicted molar refractivity (Wildman–Crippen MR) is 74.7 cm³/mol. The number of hydrogen-bond donors (Lipinski definition) is 1. The molecule has 0 amide bonds. The van der Waals surface area contributed by atoms with Crippen LogP contribution in [0.2, 0.25) is 0 Å². The lowest BCUT2D eigenvalue weighted by molar-refractivity contribution is 0.577. The lowest BCUT2D eigenvalue weighted by Gasteiger charge is -2.12. The minimum absolute atomic E-state index is 0.0130. The third-order valence-corrected chi connectivity index (χ3v) is 4.17. The monoisotopic (exact) mass is 265 g/mol. The van der Waals surface area contributed by atoms with E-state index in [0.717, 1.165) is 5.56 Å². The first-order valence-corrected chi connectivity index (χ1v) is 7.62. The highest BCUT2D eigenvalue weighted by Crippen LogP contribution is 2.16. The van der Waals surface area contributed by atoms with Crippen LogP contribution in [0.3, 0.4) is 0 Å². The van der Waals surface area contributed by atoms with Gasteiger partial charge < -0.3 is 0 Å². The molecular weight excluding hydrogens is 246 g/mol. The Balaban J connectivity index is 2.52. The Morgan fingerprint density at radius 2 is 1.94 bits per heavy atom. The van der Waals surface area contributed by atoms with Crippen LogP contribution >= 0.6 is 0 Å². The summed E-state index contributed by atoms with van der Waals surface area (Å²) in [4.78, 5) is 0. The Kier molecular flexibility index (Phi) is 5.90. The molecule has 4 heteroatoms. The van der Waals surface area contributed by atoms with Crippen molar-refractivity contribution >= 4 is 10.0 Å². The van der Waals surface area contributed by atoms with Crippen molar-refractivity contribution in [2.24, 2.45) is 0 Å². The van der Waals surface area contributed by atoms with Crippen LogP contribution in [0.15, 0.2) is 30.3 Å². The summed E-state index contributed by atoms with van der Waals surface area (Å²) in [7, 11) is -3.23. The second-order valence-corrected chi connectivity index (χ2v) is 6.02. The molecule has 18 heavy (non-hydrogen) atoms. The smallest absolute Gasteiger partial charge is 0.212 e. The number of hydrogen-bond acceptors (Lipinski definition) is 2. The zero-order valence-electron chi connectivity index (χ0n) is 10.8. The molecule has 1 aromatic rings. The van der Waals surface area contributed by atoms with Gasteiger partial charge in [-0.1, -0.05) is 37.3 Å². The minimum Gasteiger partial charge on any atom is -0.214 e. The molecule has 1 atom stereocenters. The van der Waals surface area contributed by atoms with E-state index in [2.05, 4.69) is 16.6 Å². The maximum absolute atomic E-state index is 11.8. The highest BCUT2D eigenvalue weighted by atomic mass is 32.2. The maximum Gasteiger partial charge on any atom is 0.212 e. The van der Waals surface area contributed by atoms with Crippen LogP contribution in [0.4, 0.5) is 0 Å². The summed E-state index contributed by atoms with van der Waals surface area (Å²) in [6.07, 6.45) is 0.551. The summed E-state index contributed by atoms with van der Waals surface area (Å²) in [6, 6.07) is 9.66. The quantitative estimate of drug-likeness (QED) is 0.632. The average Bonchev–Trinajstić information content (AvgIpc) is 2.35. The molecule has 0 aliphatic heterocycles. The van der Waals surface area contributed by atoms with Crippen molar-refractivity contribution in [3.63, 3.8) is 0 Å². The van der Waals surface area contributed by atoms with Crippen LogP contribution in [0.1, 0.15) is 31.7 Å². The van der Waals surface area contributed by atoms with Crippen molar-refractivity contribution in [2.45, 2.75) is 26.2 Å². The molecule has 0 saturated heterocycles. The fourth-order valence-corrected chi connectivity index (χ4v) is 3.04. The van der Waals surface area contributed by atoms with Crippen LogP contribution in [0.5, 0.6) is 0 Å². The molecule has 0 spiro atoms. The van der Waals surface area contributed by atoms with Crippen LogP contribution in [-0.2, 0) is 10.0 Å². The van der Waals surface area contributed by atoms with Gasteiger partial charge in [-0.05, 0) is 18.4 Å². The van der Waals surface area contributed by atoms with Gasteiger partial charge in [0, 0.05) is 13.0 Å². The van der Waals surface area contributed by atoms with E-state index in [9.17, 15) is 8.42 Å². The zero-order chi connectivity index (χ0) is 13.4. The largest absolute Gasteiger partial charge is 0.214 e. The second-order valence-electron chi connectivity index (χ2n) is 4.16. The first-order chi connectivity index (χ1) is 8.55. The summed E-state index contributed by atoms with van der Waals surface area (Å²) in [5.74, 6) is 5.66. The molecule has 0 aliphatic rings. The van der Waals surface area contributed by atoms with E-state index in [1.165, 1.54) is 0 Å². The fraction of sp³-hybridized carbons (Fsp3) is 0.429. The van der Waals surface area contributed by atoms with Gasteiger partial charge in [-0.15, -0.1) is 11.8 Å². The molecule has 0 bridgehead atoms. The SMILES string of the molecule is CC#CCCNS(=O)(=O)CC(C)c1ccccc1. The summed E-state index contributed by atoms with van der Waals surface area (Å²) in [5.41, 5.74) is 1.04. The van der Waals surface area contributed by atoms with Crippen molar-refractivity contribution in [1.29, 1.82) is 0 Å². The van der Waals surface area contributed by atoms with Gasteiger partial charge in [-0.3, -0.25) is 0 Å². The Hall–Kier alpha value is -1.31. The van der Waals surface area contributed by atoms with Gasteiger partial charge in [0.2, 0.25) is 10.0 Å². The van der Waals surface area contributed by atoms with E-state index >= 15 is 0 Å². The van der Waals surface area contributed by atoms with Gasteiger partial charge in [0.15, 0.2) is 0 Å². The molecule has 1 aromatic carbocycles.